The van der Waals surface area contributed by atoms with Crippen molar-refractivity contribution in [2.45, 2.75) is 12.5 Å². The van der Waals surface area contributed by atoms with E-state index < -0.39 is 6.04 Å². The number of nitrogens with one attached hydrogen (secondary N) is 1. The zero-order chi connectivity index (χ0) is 14.4. The summed E-state index contributed by atoms with van der Waals surface area (Å²) >= 11 is 5.84. The number of carbonyl (C=O) groups excluding carboxylic acids is 1. The van der Waals surface area contributed by atoms with Crippen LogP contribution in [0.1, 0.15) is 17.2 Å². The Bertz CT molecular complexity index is 554. The molecule has 0 aliphatic carbocycles. The van der Waals surface area contributed by atoms with Crippen molar-refractivity contribution in [1.29, 1.82) is 0 Å². The average Bonchev–Trinajstić information content (AvgIpc) is 2.46. The van der Waals surface area contributed by atoms with E-state index in [0.29, 0.717) is 6.54 Å². The summed E-state index contributed by atoms with van der Waals surface area (Å²) in [6, 6.07) is 16.7. The molecule has 0 saturated carbocycles. The number of hydrogen-bond acceptors (Lipinski definition) is 2. The Morgan fingerprint density at radius 1 is 1.10 bits per heavy atom. The zero-order valence-electron chi connectivity index (χ0n) is 11.1. The fraction of sp³-hybridized carbons (Fsp3) is 0.188. The van der Waals surface area contributed by atoms with Crippen LogP contribution in [0.15, 0.2) is 54.6 Å². The third-order valence-corrected chi connectivity index (χ3v) is 3.34. The SMILES string of the molecule is NC(=O)[C@H](NCCc1ccc(Cl)cc1)c1ccccc1. The van der Waals surface area contributed by atoms with Crippen LogP contribution in [0.25, 0.3) is 0 Å². The summed E-state index contributed by atoms with van der Waals surface area (Å²) in [5.74, 6) is -0.368. The molecule has 20 heavy (non-hydrogen) atoms. The molecule has 0 saturated heterocycles. The minimum Gasteiger partial charge on any atom is -0.368 e. The van der Waals surface area contributed by atoms with E-state index in [2.05, 4.69) is 5.32 Å². The van der Waals surface area contributed by atoms with Gasteiger partial charge < -0.3 is 11.1 Å². The molecule has 4 heteroatoms. The fourth-order valence-electron chi connectivity index (χ4n) is 2.04. The van der Waals surface area contributed by atoms with Gasteiger partial charge in [0.2, 0.25) is 5.91 Å². The predicted molar refractivity (Wildman–Crippen MR) is 81.5 cm³/mol. The Labute approximate surface area is 123 Å². The molecule has 0 bridgehead atoms. The van der Waals surface area contributed by atoms with Gasteiger partial charge in [0.1, 0.15) is 6.04 Å². The van der Waals surface area contributed by atoms with Gasteiger partial charge in [-0.05, 0) is 29.7 Å². The molecule has 0 aliphatic heterocycles. The van der Waals surface area contributed by atoms with E-state index in [1.54, 1.807) is 0 Å². The second kappa shape index (κ2) is 7.08. The summed E-state index contributed by atoms with van der Waals surface area (Å²) in [6.07, 6.45) is 0.813. The summed E-state index contributed by atoms with van der Waals surface area (Å²) in [6.45, 7) is 0.671. The Balaban J connectivity index is 1.93. The maximum atomic E-state index is 11.5. The first-order valence-corrected chi connectivity index (χ1v) is 6.86. The third kappa shape index (κ3) is 4.08. The van der Waals surface area contributed by atoms with E-state index in [4.69, 9.17) is 17.3 Å². The highest BCUT2D eigenvalue weighted by molar-refractivity contribution is 6.30. The monoisotopic (exact) mass is 288 g/mol. The fourth-order valence-corrected chi connectivity index (χ4v) is 2.17. The van der Waals surface area contributed by atoms with Crippen LogP contribution in [-0.2, 0) is 11.2 Å². The molecular formula is C16H17ClN2O. The van der Waals surface area contributed by atoms with Crippen molar-refractivity contribution in [3.63, 3.8) is 0 Å². The molecule has 3 N–H and O–H groups in total. The Hall–Kier alpha value is -1.84. The van der Waals surface area contributed by atoms with Crippen molar-refractivity contribution in [3.8, 4) is 0 Å². The lowest BCUT2D eigenvalue weighted by atomic mass is 10.1. The van der Waals surface area contributed by atoms with E-state index in [9.17, 15) is 4.79 Å². The Kier molecular flexibility index (Phi) is 5.16. The van der Waals surface area contributed by atoms with Gasteiger partial charge in [0, 0.05) is 11.6 Å². The van der Waals surface area contributed by atoms with Crippen molar-refractivity contribution < 1.29 is 4.79 Å². The molecule has 0 aliphatic rings. The lowest BCUT2D eigenvalue weighted by Crippen LogP contribution is -2.34. The molecule has 1 atom stereocenters. The van der Waals surface area contributed by atoms with Crippen LogP contribution in [0.5, 0.6) is 0 Å². The summed E-state index contributed by atoms with van der Waals surface area (Å²) in [7, 11) is 0. The molecule has 0 unspecified atom stereocenters. The molecule has 2 aromatic carbocycles. The van der Waals surface area contributed by atoms with Crippen LogP contribution in [0, 0.1) is 0 Å². The normalized spacial score (nSPS) is 12.1. The largest absolute Gasteiger partial charge is 0.368 e. The standard InChI is InChI=1S/C16H17ClN2O/c17-14-8-6-12(7-9-14)10-11-19-15(16(18)20)13-4-2-1-3-5-13/h1-9,15,19H,10-11H2,(H2,18,20)/t15-/m1/s1. The van der Waals surface area contributed by atoms with E-state index >= 15 is 0 Å². The van der Waals surface area contributed by atoms with Gasteiger partial charge in [-0.3, -0.25) is 4.79 Å². The van der Waals surface area contributed by atoms with Gasteiger partial charge >= 0.3 is 0 Å². The second-order valence-corrected chi connectivity index (χ2v) is 5.01. The molecule has 0 fully saturated rings. The highest BCUT2D eigenvalue weighted by Gasteiger charge is 2.16. The maximum Gasteiger partial charge on any atom is 0.239 e. The van der Waals surface area contributed by atoms with Crippen molar-refractivity contribution in [1.82, 2.24) is 5.32 Å². The molecule has 2 rings (SSSR count). The number of amides is 1. The second-order valence-electron chi connectivity index (χ2n) is 4.58. The maximum absolute atomic E-state index is 11.5. The lowest BCUT2D eigenvalue weighted by molar-refractivity contribution is -0.120. The molecule has 3 nitrogen and oxygen atoms in total. The first-order valence-electron chi connectivity index (χ1n) is 6.49. The molecule has 2 aromatic rings. The molecule has 0 heterocycles. The summed E-state index contributed by atoms with van der Waals surface area (Å²) in [4.78, 5) is 11.5. The molecule has 104 valence electrons. The summed E-state index contributed by atoms with van der Waals surface area (Å²) in [5, 5.41) is 3.91. The molecule has 0 radical (unpaired) electrons. The minimum atomic E-state index is -0.455. The molecule has 1 amide bonds. The first-order chi connectivity index (χ1) is 9.66. The van der Waals surface area contributed by atoms with Crippen LogP contribution < -0.4 is 11.1 Å². The lowest BCUT2D eigenvalue weighted by Gasteiger charge is -2.15. The Morgan fingerprint density at radius 2 is 1.75 bits per heavy atom. The predicted octanol–water partition coefficient (Wildman–Crippen LogP) is 2.70. The minimum absolute atomic E-state index is 0.368. The van der Waals surface area contributed by atoms with Gasteiger partial charge in [0.15, 0.2) is 0 Å². The van der Waals surface area contributed by atoms with Crippen LogP contribution >= 0.6 is 11.6 Å². The number of benzene rings is 2. The third-order valence-electron chi connectivity index (χ3n) is 3.09. The summed E-state index contributed by atoms with van der Waals surface area (Å²) < 4.78 is 0. The number of primary amides is 1. The van der Waals surface area contributed by atoms with Gasteiger partial charge in [-0.15, -0.1) is 0 Å². The van der Waals surface area contributed by atoms with E-state index in [1.807, 2.05) is 54.6 Å². The van der Waals surface area contributed by atoms with Crippen molar-refractivity contribution in [2.24, 2.45) is 5.73 Å². The van der Waals surface area contributed by atoms with Gasteiger partial charge in [-0.1, -0.05) is 54.1 Å². The highest BCUT2D eigenvalue weighted by atomic mass is 35.5. The zero-order valence-corrected chi connectivity index (χ0v) is 11.8. The number of hydrogen-bond donors (Lipinski definition) is 2. The topological polar surface area (TPSA) is 55.1 Å². The van der Waals surface area contributed by atoms with Crippen LogP contribution in [0.3, 0.4) is 0 Å². The molecule has 0 spiro atoms. The number of nitrogens with two attached hydrogens (primary N) is 1. The van der Waals surface area contributed by atoms with Gasteiger partial charge in [0.25, 0.3) is 0 Å². The van der Waals surface area contributed by atoms with Crippen molar-refractivity contribution >= 4 is 17.5 Å². The molecular weight excluding hydrogens is 272 g/mol. The average molecular weight is 289 g/mol. The van der Waals surface area contributed by atoms with Crippen molar-refractivity contribution in [2.75, 3.05) is 6.54 Å². The highest BCUT2D eigenvalue weighted by Crippen LogP contribution is 2.13. The van der Waals surface area contributed by atoms with Crippen LogP contribution in [0.2, 0.25) is 5.02 Å². The Morgan fingerprint density at radius 3 is 2.35 bits per heavy atom. The van der Waals surface area contributed by atoms with E-state index in [0.717, 1.165) is 22.6 Å². The number of carbonyl (C=O) groups is 1. The number of rotatable bonds is 6. The first kappa shape index (κ1) is 14.6. The van der Waals surface area contributed by atoms with E-state index in [-0.39, 0.29) is 5.91 Å². The van der Waals surface area contributed by atoms with E-state index in [1.165, 1.54) is 0 Å². The van der Waals surface area contributed by atoms with Crippen molar-refractivity contribution in [3.05, 3.63) is 70.7 Å². The quantitative estimate of drug-likeness (QED) is 0.859. The van der Waals surface area contributed by atoms with Gasteiger partial charge in [0.05, 0.1) is 0 Å². The van der Waals surface area contributed by atoms with Crippen LogP contribution in [0.4, 0.5) is 0 Å². The van der Waals surface area contributed by atoms with Crippen LogP contribution in [-0.4, -0.2) is 12.5 Å². The summed E-state index contributed by atoms with van der Waals surface area (Å²) in [5.41, 5.74) is 7.50. The number of halogens is 1. The van der Waals surface area contributed by atoms with Gasteiger partial charge in [-0.25, -0.2) is 0 Å². The van der Waals surface area contributed by atoms with Gasteiger partial charge in [-0.2, -0.15) is 0 Å². The molecule has 0 aromatic heterocycles. The smallest absolute Gasteiger partial charge is 0.239 e.